The second-order valence-electron chi connectivity index (χ2n) is 5.65. The van der Waals surface area contributed by atoms with Crippen molar-refractivity contribution < 1.29 is 14.7 Å². The molecule has 1 amide bonds. The van der Waals surface area contributed by atoms with Crippen molar-refractivity contribution >= 4 is 11.9 Å². The Bertz CT molecular complexity index is 524. The molecule has 4 heteroatoms. The average molecular weight is 275 g/mol. The predicted octanol–water partition coefficient (Wildman–Crippen LogP) is 2.69. The summed E-state index contributed by atoms with van der Waals surface area (Å²) in [5.74, 6) is -0.885. The molecule has 1 fully saturated rings. The van der Waals surface area contributed by atoms with Gasteiger partial charge in [0.2, 0.25) is 0 Å². The van der Waals surface area contributed by atoms with E-state index < -0.39 is 5.97 Å². The van der Waals surface area contributed by atoms with Crippen molar-refractivity contribution in [3.63, 3.8) is 0 Å². The summed E-state index contributed by atoms with van der Waals surface area (Å²) < 4.78 is 0. The molecule has 1 N–H and O–H groups in total. The van der Waals surface area contributed by atoms with Crippen LogP contribution >= 0.6 is 0 Å². The van der Waals surface area contributed by atoms with Crippen LogP contribution in [0.25, 0.3) is 0 Å². The lowest BCUT2D eigenvalue weighted by atomic mass is 9.98. The fourth-order valence-electron chi connectivity index (χ4n) is 2.71. The molecule has 4 nitrogen and oxygen atoms in total. The van der Waals surface area contributed by atoms with E-state index in [1.165, 1.54) is 0 Å². The van der Waals surface area contributed by atoms with Crippen LogP contribution in [0.2, 0.25) is 0 Å². The standard InChI is InChI=1S/C16H21NO3/c1-10-8-11(2)15(12(3)9-10)16(20)17(13-4-5-13)7-6-14(18)19/h8-9,13H,4-7H2,1-3H3,(H,18,19). The van der Waals surface area contributed by atoms with Crippen molar-refractivity contribution in [3.8, 4) is 0 Å². The molecule has 0 saturated heterocycles. The Hall–Kier alpha value is -1.84. The zero-order valence-corrected chi connectivity index (χ0v) is 12.3. The van der Waals surface area contributed by atoms with Gasteiger partial charge in [-0.2, -0.15) is 0 Å². The third-order valence-electron chi connectivity index (χ3n) is 3.71. The van der Waals surface area contributed by atoms with E-state index in [1.807, 2.05) is 32.9 Å². The summed E-state index contributed by atoms with van der Waals surface area (Å²) in [7, 11) is 0. The Kier molecular flexibility index (Phi) is 4.12. The van der Waals surface area contributed by atoms with E-state index in [0.29, 0.717) is 6.54 Å². The van der Waals surface area contributed by atoms with Gasteiger partial charge >= 0.3 is 5.97 Å². The summed E-state index contributed by atoms with van der Waals surface area (Å²) in [5.41, 5.74) is 3.80. The summed E-state index contributed by atoms with van der Waals surface area (Å²) in [5, 5.41) is 8.82. The van der Waals surface area contributed by atoms with Crippen LogP contribution in [-0.2, 0) is 4.79 Å². The smallest absolute Gasteiger partial charge is 0.305 e. The van der Waals surface area contributed by atoms with Crippen molar-refractivity contribution in [3.05, 3.63) is 34.4 Å². The van der Waals surface area contributed by atoms with Crippen molar-refractivity contribution in [2.45, 2.75) is 46.1 Å². The van der Waals surface area contributed by atoms with Crippen LogP contribution in [0, 0.1) is 20.8 Å². The molecule has 108 valence electrons. The number of aliphatic carboxylic acids is 1. The summed E-state index contributed by atoms with van der Waals surface area (Å²) in [6, 6.07) is 4.23. The average Bonchev–Trinajstić information content (AvgIpc) is 3.11. The molecule has 1 aliphatic rings. The van der Waals surface area contributed by atoms with Gasteiger partial charge in [0.15, 0.2) is 0 Å². The van der Waals surface area contributed by atoms with Gasteiger partial charge in [-0.05, 0) is 44.7 Å². The molecule has 0 aliphatic heterocycles. The van der Waals surface area contributed by atoms with Crippen molar-refractivity contribution in [2.75, 3.05) is 6.54 Å². The zero-order valence-electron chi connectivity index (χ0n) is 12.3. The quantitative estimate of drug-likeness (QED) is 0.898. The molecule has 0 atom stereocenters. The van der Waals surface area contributed by atoms with Gasteiger partial charge in [0.05, 0.1) is 6.42 Å². The topological polar surface area (TPSA) is 57.6 Å². The Morgan fingerprint density at radius 2 is 1.75 bits per heavy atom. The molecule has 0 spiro atoms. The number of benzene rings is 1. The maximum atomic E-state index is 12.7. The highest BCUT2D eigenvalue weighted by molar-refractivity contribution is 5.97. The molecule has 0 unspecified atom stereocenters. The minimum Gasteiger partial charge on any atom is -0.481 e. The normalized spacial score (nSPS) is 14.2. The SMILES string of the molecule is Cc1cc(C)c(C(=O)N(CCC(=O)O)C2CC2)c(C)c1. The van der Waals surface area contributed by atoms with Crippen molar-refractivity contribution in [1.82, 2.24) is 4.90 Å². The number of hydrogen-bond donors (Lipinski definition) is 1. The molecule has 1 saturated carbocycles. The third-order valence-corrected chi connectivity index (χ3v) is 3.71. The summed E-state index contributed by atoms with van der Waals surface area (Å²) in [6.45, 7) is 6.19. The molecule has 0 radical (unpaired) electrons. The number of carbonyl (C=O) groups excluding carboxylic acids is 1. The first-order chi connectivity index (χ1) is 9.40. The number of carbonyl (C=O) groups is 2. The Morgan fingerprint density at radius 3 is 2.20 bits per heavy atom. The van der Waals surface area contributed by atoms with Crippen molar-refractivity contribution in [2.24, 2.45) is 0 Å². The van der Waals surface area contributed by atoms with E-state index in [9.17, 15) is 9.59 Å². The van der Waals surface area contributed by atoms with Gasteiger partial charge in [-0.15, -0.1) is 0 Å². The maximum Gasteiger partial charge on any atom is 0.305 e. The van der Waals surface area contributed by atoms with Crippen LogP contribution < -0.4 is 0 Å². The third kappa shape index (κ3) is 3.18. The molecular formula is C16H21NO3. The maximum absolute atomic E-state index is 12.7. The van der Waals surface area contributed by atoms with Gasteiger partial charge in [0, 0.05) is 18.2 Å². The highest BCUT2D eigenvalue weighted by Gasteiger charge is 2.34. The zero-order chi connectivity index (χ0) is 14.9. The fraction of sp³-hybridized carbons (Fsp3) is 0.500. The summed E-state index contributed by atoms with van der Waals surface area (Å²) >= 11 is 0. The first-order valence-electron chi connectivity index (χ1n) is 7.00. The van der Waals surface area contributed by atoms with E-state index in [-0.39, 0.29) is 18.4 Å². The van der Waals surface area contributed by atoms with E-state index >= 15 is 0 Å². The number of carboxylic acid groups (broad SMARTS) is 1. The first-order valence-corrected chi connectivity index (χ1v) is 7.00. The lowest BCUT2D eigenvalue weighted by molar-refractivity contribution is -0.137. The van der Waals surface area contributed by atoms with Gasteiger partial charge in [0.1, 0.15) is 0 Å². The monoisotopic (exact) mass is 275 g/mol. The minimum absolute atomic E-state index is 0.00615. The predicted molar refractivity (Wildman–Crippen MR) is 77.0 cm³/mol. The minimum atomic E-state index is -0.860. The molecule has 0 bridgehead atoms. The highest BCUT2D eigenvalue weighted by atomic mass is 16.4. The van der Waals surface area contributed by atoms with Crippen LogP contribution in [-0.4, -0.2) is 34.5 Å². The van der Waals surface area contributed by atoms with Gasteiger partial charge in [-0.1, -0.05) is 17.7 Å². The molecule has 0 aromatic heterocycles. The van der Waals surface area contributed by atoms with Crippen LogP contribution in [0.15, 0.2) is 12.1 Å². The highest BCUT2D eigenvalue weighted by Crippen LogP contribution is 2.30. The molecule has 1 aromatic rings. The number of carboxylic acids is 1. The summed E-state index contributed by atoms with van der Waals surface area (Å²) in [6.07, 6.45) is 1.97. The van der Waals surface area contributed by atoms with Crippen LogP contribution in [0.1, 0.15) is 46.3 Å². The second-order valence-corrected chi connectivity index (χ2v) is 5.65. The number of hydrogen-bond acceptors (Lipinski definition) is 2. The van der Waals surface area contributed by atoms with Crippen LogP contribution in [0.3, 0.4) is 0 Å². The van der Waals surface area contributed by atoms with Gasteiger partial charge < -0.3 is 10.0 Å². The van der Waals surface area contributed by atoms with Crippen LogP contribution in [0.4, 0.5) is 0 Å². The Labute approximate surface area is 119 Å². The number of amides is 1. The van der Waals surface area contributed by atoms with Crippen LogP contribution in [0.5, 0.6) is 0 Å². The van der Waals surface area contributed by atoms with E-state index in [1.54, 1.807) is 4.90 Å². The lowest BCUT2D eigenvalue weighted by Gasteiger charge is -2.24. The summed E-state index contributed by atoms with van der Waals surface area (Å²) in [4.78, 5) is 25.2. The number of nitrogens with zero attached hydrogens (tertiary/aromatic N) is 1. The Balaban J connectivity index is 2.25. The molecule has 2 rings (SSSR count). The molecule has 0 heterocycles. The lowest BCUT2D eigenvalue weighted by Crippen LogP contribution is -2.35. The molecule has 20 heavy (non-hydrogen) atoms. The number of aryl methyl sites for hydroxylation is 3. The van der Waals surface area contributed by atoms with E-state index in [4.69, 9.17) is 5.11 Å². The molecule has 1 aromatic carbocycles. The number of rotatable bonds is 5. The largest absolute Gasteiger partial charge is 0.481 e. The van der Waals surface area contributed by atoms with Gasteiger partial charge in [0.25, 0.3) is 5.91 Å². The van der Waals surface area contributed by atoms with Crippen molar-refractivity contribution in [1.29, 1.82) is 0 Å². The Morgan fingerprint density at radius 1 is 1.20 bits per heavy atom. The first kappa shape index (κ1) is 14.6. The van der Waals surface area contributed by atoms with E-state index in [2.05, 4.69) is 0 Å². The van der Waals surface area contributed by atoms with Gasteiger partial charge in [-0.3, -0.25) is 9.59 Å². The molecule has 1 aliphatic carbocycles. The second kappa shape index (κ2) is 5.65. The van der Waals surface area contributed by atoms with E-state index in [0.717, 1.165) is 35.1 Å². The fourth-order valence-corrected chi connectivity index (χ4v) is 2.71. The van der Waals surface area contributed by atoms with Gasteiger partial charge in [-0.25, -0.2) is 0 Å². The molecular weight excluding hydrogens is 254 g/mol.